The second-order valence-corrected chi connectivity index (χ2v) is 4.22. The number of imidazole rings is 2. The van der Waals surface area contributed by atoms with Crippen LogP contribution in [0, 0.1) is 6.92 Å². The Kier molecular flexibility index (Phi) is 3.07. The zero-order chi connectivity index (χ0) is 14.8. The van der Waals surface area contributed by atoms with Crippen LogP contribution in [0.5, 0.6) is 0 Å². The van der Waals surface area contributed by atoms with Gasteiger partial charge in [-0.3, -0.25) is 9.36 Å². The van der Waals surface area contributed by atoms with Crippen molar-refractivity contribution in [2.24, 2.45) is 0 Å². The molecule has 3 heterocycles. The summed E-state index contributed by atoms with van der Waals surface area (Å²) < 4.78 is 1.76. The largest absolute Gasteiger partial charge is 0.323 e. The number of anilines is 1. The number of aryl methyl sites for hydroxylation is 1. The number of hydrogen-bond acceptors (Lipinski definition) is 5. The van der Waals surface area contributed by atoms with Gasteiger partial charge in [0.25, 0.3) is 5.91 Å². The van der Waals surface area contributed by atoms with Crippen LogP contribution in [-0.4, -0.2) is 35.4 Å². The standard InChI is InChI=1S/C12H11N7O2/c1-7-13-2-3-19(7)10-4-9(15-6-16-10)18-11(20)8-5-14-12(21)17-8/h2-6H,1H3,(H2,14,17,21)(H,15,16,18,20). The second-order valence-electron chi connectivity index (χ2n) is 4.22. The Balaban J connectivity index is 1.85. The number of nitrogens with one attached hydrogen (secondary N) is 3. The van der Waals surface area contributed by atoms with Crippen LogP contribution < -0.4 is 11.0 Å². The van der Waals surface area contributed by atoms with E-state index in [4.69, 9.17) is 0 Å². The highest BCUT2D eigenvalue weighted by molar-refractivity contribution is 6.02. The molecule has 0 radical (unpaired) electrons. The van der Waals surface area contributed by atoms with Gasteiger partial charge in [0.1, 0.15) is 29.5 Å². The van der Waals surface area contributed by atoms with E-state index in [1.807, 2.05) is 6.92 Å². The molecule has 3 aromatic rings. The van der Waals surface area contributed by atoms with Gasteiger partial charge in [-0.1, -0.05) is 0 Å². The summed E-state index contributed by atoms with van der Waals surface area (Å²) in [6.07, 6.45) is 6.04. The van der Waals surface area contributed by atoms with Gasteiger partial charge >= 0.3 is 5.69 Å². The quantitative estimate of drug-likeness (QED) is 0.636. The van der Waals surface area contributed by atoms with Gasteiger partial charge in [0, 0.05) is 24.7 Å². The number of aromatic nitrogens is 6. The Morgan fingerprint density at radius 1 is 1.33 bits per heavy atom. The summed E-state index contributed by atoms with van der Waals surface area (Å²) in [4.78, 5) is 39.8. The highest BCUT2D eigenvalue weighted by atomic mass is 16.2. The molecular weight excluding hydrogens is 274 g/mol. The topological polar surface area (TPSA) is 121 Å². The molecule has 3 rings (SSSR count). The number of carbonyl (C=O) groups is 1. The first-order chi connectivity index (χ1) is 10.1. The van der Waals surface area contributed by atoms with Crippen LogP contribution in [0.1, 0.15) is 16.3 Å². The highest BCUT2D eigenvalue weighted by Gasteiger charge is 2.10. The van der Waals surface area contributed by atoms with Crippen LogP contribution in [-0.2, 0) is 0 Å². The molecule has 0 fully saturated rings. The molecule has 0 unspecified atom stereocenters. The predicted octanol–water partition coefficient (Wildman–Crippen LogP) is 0.239. The lowest BCUT2D eigenvalue weighted by molar-refractivity contribution is 0.102. The number of amides is 1. The SMILES string of the molecule is Cc1nccn1-c1cc(NC(=O)c2c[nH]c(=O)[nH]2)ncn1. The monoisotopic (exact) mass is 285 g/mol. The summed E-state index contributed by atoms with van der Waals surface area (Å²) in [5.41, 5.74) is -0.323. The molecule has 0 bridgehead atoms. The number of aromatic amines is 2. The van der Waals surface area contributed by atoms with Crippen LogP contribution in [0.25, 0.3) is 5.82 Å². The van der Waals surface area contributed by atoms with Crippen molar-refractivity contribution in [3.63, 3.8) is 0 Å². The average molecular weight is 285 g/mol. The van der Waals surface area contributed by atoms with E-state index in [2.05, 4.69) is 30.2 Å². The van der Waals surface area contributed by atoms with Gasteiger partial charge < -0.3 is 15.3 Å². The Bertz CT molecular complexity index is 845. The molecule has 9 heteroatoms. The molecule has 0 aliphatic rings. The van der Waals surface area contributed by atoms with E-state index >= 15 is 0 Å². The van der Waals surface area contributed by atoms with Crippen molar-refractivity contribution >= 4 is 11.7 Å². The molecule has 3 N–H and O–H groups in total. The van der Waals surface area contributed by atoms with E-state index in [1.54, 1.807) is 23.0 Å². The van der Waals surface area contributed by atoms with E-state index in [-0.39, 0.29) is 5.69 Å². The lowest BCUT2D eigenvalue weighted by atomic mass is 10.4. The summed E-state index contributed by atoms with van der Waals surface area (Å²) in [6.45, 7) is 1.84. The first-order valence-corrected chi connectivity index (χ1v) is 6.05. The van der Waals surface area contributed by atoms with Crippen molar-refractivity contribution in [2.75, 3.05) is 5.32 Å². The lowest BCUT2D eigenvalue weighted by Crippen LogP contribution is -2.15. The Morgan fingerprint density at radius 2 is 2.19 bits per heavy atom. The molecule has 9 nitrogen and oxygen atoms in total. The maximum Gasteiger partial charge on any atom is 0.323 e. The smallest absolute Gasteiger partial charge is 0.312 e. The van der Waals surface area contributed by atoms with Crippen LogP contribution in [0.2, 0.25) is 0 Å². The summed E-state index contributed by atoms with van der Waals surface area (Å²) in [7, 11) is 0. The molecule has 0 aliphatic carbocycles. The van der Waals surface area contributed by atoms with Crippen molar-refractivity contribution in [1.82, 2.24) is 29.5 Å². The highest BCUT2D eigenvalue weighted by Crippen LogP contribution is 2.11. The van der Waals surface area contributed by atoms with E-state index in [1.165, 1.54) is 12.5 Å². The number of nitrogens with zero attached hydrogens (tertiary/aromatic N) is 4. The third-order valence-corrected chi connectivity index (χ3v) is 2.81. The molecule has 21 heavy (non-hydrogen) atoms. The van der Waals surface area contributed by atoms with Gasteiger partial charge in [-0.05, 0) is 6.92 Å². The number of rotatable bonds is 3. The normalized spacial score (nSPS) is 10.5. The molecule has 0 aliphatic heterocycles. The summed E-state index contributed by atoms with van der Waals surface area (Å²) in [5.74, 6) is 1.19. The van der Waals surface area contributed by atoms with Crippen LogP contribution in [0.15, 0.2) is 35.8 Å². The molecule has 3 aromatic heterocycles. The van der Waals surface area contributed by atoms with Gasteiger partial charge in [0.2, 0.25) is 0 Å². The molecular formula is C12H11N7O2. The maximum atomic E-state index is 11.9. The Morgan fingerprint density at radius 3 is 2.86 bits per heavy atom. The fraction of sp³-hybridized carbons (Fsp3) is 0.0833. The molecule has 0 saturated heterocycles. The molecule has 0 spiro atoms. The van der Waals surface area contributed by atoms with Crippen molar-refractivity contribution in [3.05, 3.63) is 53.0 Å². The second kappa shape index (κ2) is 5.04. The molecule has 106 valence electrons. The van der Waals surface area contributed by atoms with E-state index in [0.29, 0.717) is 11.6 Å². The fourth-order valence-electron chi connectivity index (χ4n) is 1.81. The molecule has 0 aromatic carbocycles. The van der Waals surface area contributed by atoms with Crippen LogP contribution in [0.3, 0.4) is 0 Å². The minimum atomic E-state index is -0.472. The first kappa shape index (κ1) is 12.8. The Hall–Kier alpha value is -3.23. The molecule has 0 atom stereocenters. The summed E-state index contributed by atoms with van der Waals surface area (Å²) in [6, 6.07) is 1.61. The van der Waals surface area contributed by atoms with Gasteiger partial charge in [0.15, 0.2) is 0 Å². The predicted molar refractivity (Wildman–Crippen MR) is 73.3 cm³/mol. The Labute approximate surface area is 118 Å². The number of hydrogen-bond donors (Lipinski definition) is 3. The first-order valence-electron chi connectivity index (χ1n) is 6.05. The lowest BCUT2D eigenvalue weighted by Gasteiger charge is -2.06. The molecule has 1 amide bonds. The van der Waals surface area contributed by atoms with Crippen LogP contribution in [0.4, 0.5) is 5.82 Å². The van der Waals surface area contributed by atoms with Crippen molar-refractivity contribution in [1.29, 1.82) is 0 Å². The summed E-state index contributed by atoms with van der Waals surface area (Å²) >= 11 is 0. The van der Waals surface area contributed by atoms with E-state index in [9.17, 15) is 9.59 Å². The zero-order valence-corrected chi connectivity index (χ0v) is 11.0. The minimum Gasteiger partial charge on any atom is -0.312 e. The molecule has 0 saturated carbocycles. The minimum absolute atomic E-state index is 0.124. The maximum absolute atomic E-state index is 11.9. The van der Waals surface area contributed by atoms with Crippen molar-refractivity contribution in [2.45, 2.75) is 6.92 Å². The van der Waals surface area contributed by atoms with E-state index in [0.717, 1.165) is 5.82 Å². The van der Waals surface area contributed by atoms with Crippen LogP contribution >= 0.6 is 0 Å². The van der Waals surface area contributed by atoms with E-state index < -0.39 is 11.6 Å². The van der Waals surface area contributed by atoms with Gasteiger partial charge in [-0.2, -0.15) is 0 Å². The fourth-order valence-corrected chi connectivity index (χ4v) is 1.81. The van der Waals surface area contributed by atoms with Gasteiger partial charge in [0.05, 0.1) is 0 Å². The van der Waals surface area contributed by atoms with Gasteiger partial charge in [-0.25, -0.2) is 19.7 Å². The number of H-pyrrole nitrogens is 2. The summed E-state index contributed by atoms with van der Waals surface area (Å²) in [5, 5.41) is 2.58. The third-order valence-electron chi connectivity index (χ3n) is 2.81. The zero-order valence-electron chi connectivity index (χ0n) is 11.0. The van der Waals surface area contributed by atoms with Gasteiger partial charge in [-0.15, -0.1) is 0 Å². The third kappa shape index (κ3) is 2.56. The average Bonchev–Trinajstić information content (AvgIpc) is 3.08. The van der Waals surface area contributed by atoms with Crippen molar-refractivity contribution in [3.8, 4) is 5.82 Å². The van der Waals surface area contributed by atoms with Crippen molar-refractivity contribution < 1.29 is 4.79 Å². The number of carbonyl (C=O) groups excluding carboxylic acids is 1.